The Balaban J connectivity index is 1.79. The Labute approximate surface area is 203 Å². The lowest BCUT2D eigenvalue weighted by atomic mass is 9.96. The summed E-state index contributed by atoms with van der Waals surface area (Å²) in [6.07, 6.45) is -5.18. The maximum Gasteiger partial charge on any atom is 0.303 e. The number of carbonyl (C=O) groups is 2. The molecule has 0 spiro atoms. The number of halogens is 1. The van der Waals surface area contributed by atoms with Crippen LogP contribution in [0, 0.1) is 0 Å². The van der Waals surface area contributed by atoms with E-state index in [4.69, 9.17) is 30.5 Å². The maximum absolute atomic E-state index is 11.5. The molecule has 2 aromatic carbocycles. The topological polar surface area (TPSA) is 112 Å². The molecule has 0 aliphatic carbocycles. The minimum Gasteiger partial charge on any atom is -0.494 e. The van der Waals surface area contributed by atoms with Gasteiger partial charge in [-0.15, -0.1) is 0 Å². The third-order valence-electron chi connectivity index (χ3n) is 5.46. The predicted octanol–water partition coefficient (Wildman–Crippen LogP) is 2.99. The summed E-state index contributed by atoms with van der Waals surface area (Å²) in [5.74, 6) is -0.418. The van der Waals surface area contributed by atoms with Gasteiger partial charge in [-0.05, 0) is 48.2 Å². The molecule has 2 N–H and O–H groups in total. The summed E-state index contributed by atoms with van der Waals surface area (Å²) < 4.78 is 21.5. The Morgan fingerprint density at radius 1 is 1.06 bits per heavy atom. The third-order valence-corrected chi connectivity index (χ3v) is 5.83. The maximum atomic E-state index is 11.5. The molecule has 1 heterocycles. The zero-order chi connectivity index (χ0) is 24.8. The molecular formula is C25H29ClO8. The van der Waals surface area contributed by atoms with Crippen molar-refractivity contribution in [3.8, 4) is 5.75 Å². The first-order chi connectivity index (χ1) is 16.2. The van der Waals surface area contributed by atoms with E-state index in [2.05, 4.69) is 0 Å². The number of carbonyl (C=O) groups excluding carboxylic acids is 2. The molecule has 9 heteroatoms. The van der Waals surface area contributed by atoms with E-state index in [1.807, 2.05) is 37.3 Å². The van der Waals surface area contributed by atoms with Gasteiger partial charge in [0, 0.05) is 18.9 Å². The van der Waals surface area contributed by atoms with E-state index >= 15 is 0 Å². The average Bonchev–Trinajstić information content (AvgIpc) is 3.08. The van der Waals surface area contributed by atoms with Crippen molar-refractivity contribution in [1.29, 1.82) is 0 Å². The lowest BCUT2D eigenvalue weighted by molar-refractivity contribution is -0.169. The van der Waals surface area contributed by atoms with E-state index in [1.165, 1.54) is 13.8 Å². The summed E-state index contributed by atoms with van der Waals surface area (Å²) in [5, 5.41) is 21.9. The lowest BCUT2D eigenvalue weighted by Gasteiger charge is -2.24. The van der Waals surface area contributed by atoms with Crippen LogP contribution in [-0.4, -0.2) is 59.8 Å². The van der Waals surface area contributed by atoms with Crippen LogP contribution in [0.2, 0.25) is 5.02 Å². The highest BCUT2D eigenvalue weighted by Gasteiger charge is 2.48. The molecule has 0 saturated carbocycles. The molecule has 1 aliphatic rings. The Bertz CT molecular complexity index is 993. The van der Waals surface area contributed by atoms with Gasteiger partial charge in [0.1, 0.15) is 36.8 Å². The van der Waals surface area contributed by atoms with E-state index < -0.39 is 42.5 Å². The zero-order valence-electron chi connectivity index (χ0n) is 19.3. The van der Waals surface area contributed by atoms with Gasteiger partial charge in [-0.25, -0.2) is 0 Å². The molecule has 2 aromatic rings. The monoisotopic (exact) mass is 492 g/mol. The number of hydrogen-bond donors (Lipinski definition) is 2. The highest BCUT2D eigenvalue weighted by Crippen LogP contribution is 2.37. The van der Waals surface area contributed by atoms with Gasteiger partial charge in [0.25, 0.3) is 0 Å². The minimum atomic E-state index is -1.37. The second-order valence-electron chi connectivity index (χ2n) is 8.06. The summed E-state index contributed by atoms with van der Waals surface area (Å²) in [5.41, 5.74) is 2.44. The summed E-state index contributed by atoms with van der Waals surface area (Å²) in [6.45, 7) is 4.62. The summed E-state index contributed by atoms with van der Waals surface area (Å²) >= 11 is 6.42. The van der Waals surface area contributed by atoms with Crippen LogP contribution in [0.15, 0.2) is 42.5 Å². The van der Waals surface area contributed by atoms with Crippen LogP contribution >= 0.6 is 11.6 Å². The van der Waals surface area contributed by atoms with Crippen LogP contribution in [-0.2, 0) is 30.2 Å². The second kappa shape index (κ2) is 11.7. The molecule has 1 fully saturated rings. The largest absolute Gasteiger partial charge is 0.494 e. The van der Waals surface area contributed by atoms with E-state index in [0.717, 1.165) is 16.9 Å². The number of benzene rings is 2. The fourth-order valence-corrected chi connectivity index (χ4v) is 4.08. The number of ether oxygens (including phenoxy) is 4. The normalized spacial score (nSPS) is 22.8. The van der Waals surface area contributed by atoms with Crippen LogP contribution in [0.1, 0.15) is 43.6 Å². The van der Waals surface area contributed by atoms with Gasteiger partial charge in [0.2, 0.25) is 0 Å². The van der Waals surface area contributed by atoms with Gasteiger partial charge in [0.05, 0.1) is 6.61 Å². The number of rotatable bonds is 9. The number of hydrogen-bond acceptors (Lipinski definition) is 8. The molecule has 0 aromatic heterocycles. The smallest absolute Gasteiger partial charge is 0.303 e. The molecule has 1 saturated heterocycles. The first-order valence-electron chi connectivity index (χ1n) is 11.0. The fraction of sp³-hybridized carbons (Fsp3) is 0.440. The lowest BCUT2D eigenvalue weighted by Crippen LogP contribution is -2.43. The molecule has 1 aliphatic heterocycles. The molecule has 1 unspecified atom stereocenters. The summed E-state index contributed by atoms with van der Waals surface area (Å²) in [7, 11) is 0. The van der Waals surface area contributed by atoms with Crippen molar-refractivity contribution in [2.24, 2.45) is 0 Å². The molecular weight excluding hydrogens is 464 g/mol. The zero-order valence-corrected chi connectivity index (χ0v) is 20.0. The van der Waals surface area contributed by atoms with Crippen LogP contribution in [0.3, 0.4) is 0 Å². The Kier molecular flexibility index (Phi) is 8.90. The van der Waals surface area contributed by atoms with Gasteiger partial charge >= 0.3 is 11.9 Å². The van der Waals surface area contributed by atoms with Gasteiger partial charge in [0.15, 0.2) is 6.10 Å². The molecule has 34 heavy (non-hydrogen) atoms. The van der Waals surface area contributed by atoms with Crippen molar-refractivity contribution in [1.82, 2.24) is 0 Å². The van der Waals surface area contributed by atoms with Crippen molar-refractivity contribution in [2.45, 2.75) is 57.7 Å². The Morgan fingerprint density at radius 3 is 2.38 bits per heavy atom. The molecule has 8 nitrogen and oxygen atoms in total. The third kappa shape index (κ3) is 6.48. The highest BCUT2D eigenvalue weighted by atomic mass is 35.5. The molecule has 3 rings (SSSR count). The fourth-order valence-electron chi connectivity index (χ4n) is 3.89. The second-order valence-corrected chi connectivity index (χ2v) is 8.46. The molecule has 5 atom stereocenters. The van der Waals surface area contributed by atoms with Crippen molar-refractivity contribution in [3.05, 3.63) is 64.2 Å². The molecule has 184 valence electrons. The van der Waals surface area contributed by atoms with E-state index in [-0.39, 0.29) is 6.61 Å². The van der Waals surface area contributed by atoms with Gasteiger partial charge in [-0.3, -0.25) is 9.59 Å². The number of aliphatic hydroxyl groups is 2. The summed E-state index contributed by atoms with van der Waals surface area (Å²) in [4.78, 5) is 22.7. The van der Waals surface area contributed by atoms with E-state index in [1.54, 1.807) is 12.1 Å². The van der Waals surface area contributed by atoms with Gasteiger partial charge in [-0.2, -0.15) is 0 Å². The Hall–Kier alpha value is -2.65. The highest BCUT2D eigenvalue weighted by molar-refractivity contribution is 6.31. The van der Waals surface area contributed by atoms with Gasteiger partial charge < -0.3 is 29.2 Å². The van der Waals surface area contributed by atoms with Crippen molar-refractivity contribution in [2.75, 3.05) is 13.2 Å². The van der Waals surface area contributed by atoms with Crippen molar-refractivity contribution in [3.63, 3.8) is 0 Å². The van der Waals surface area contributed by atoms with Crippen molar-refractivity contribution >= 4 is 23.5 Å². The standard InChI is InChI=1S/C25H29ClO8/c1-4-31-19-8-5-16(6-9-19)11-18-12-17(7-10-20(18)26)24-22(29)23(30)25(34-24)21(33-15(3)28)13-32-14(2)27/h5-10,12,21-25,29-30H,4,11,13H2,1-3H3/t21?,22-,23-,24+,25-/m0/s1. The van der Waals surface area contributed by atoms with Crippen LogP contribution in [0.4, 0.5) is 0 Å². The first kappa shape index (κ1) is 26.0. The summed E-state index contributed by atoms with van der Waals surface area (Å²) in [6, 6.07) is 12.9. The van der Waals surface area contributed by atoms with Gasteiger partial charge in [-0.1, -0.05) is 35.9 Å². The van der Waals surface area contributed by atoms with Crippen LogP contribution in [0.5, 0.6) is 5.75 Å². The number of esters is 2. The molecule has 0 amide bonds. The molecule has 0 radical (unpaired) electrons. The van der Waals surface area contributed by atoms with E-state index in [0.29, 0.717) is 23.6 Å². The van der Waals surface area contributed by atoms with Crippen LogP contribution < -0.4 is 4.74 Å². The van der Waals surface area contributed by atoms with Crippen LogP contribution in [0.25, 0.3) is 0 Å². The number of aliphatic hydroxyl groups excluding tert-OH is 2. The Morgan fingerprint density at radius 2 is 1.76 bits per heavy atom. The van der Waals surface area contributed by atoms with E-state index in [9.17, 15) is 19.8 Å². The van der Waals surface area contributed by atoms with Crippen molar-refractivity contribution < 1.29 is 38.7 Å². The SMILES string of the molecule is CCOc1ccc(Cc2cc([C@H]3O[C@@H](C(COC(C)=O)OC(C)=O)[C@@H](O)[C@@H]3O)ccc2Cl)cc1. The average molecular weight is 493 g/mol. The molecule has 0 bridgehead atoms. The minimum absolute atomic E-state index is 0.306. The quantitative estimate of drug-likeness (QED) is 0.514. The predicted molar refractivity (Wildman–Crippen MR) is 124 cm³/mol. The first-order valence-corrected chi connectivity index (χ1v) is 11.4.